The van der Waals surface area contributed by atoms with Crippen LogP contribution >= 0.6 is 0 Å². The SMILES string of the molecule is CCCC(CC(=O)O)NC(=O)C1CCC(C)CC1. The van der Waals surface area contributed by atoms with Crippen molar-refractivity contribution < 1.29 is 14.7 Å². The Bertz CT molecular complexity index is 283. The van der Waals surface area contributed by atoms with Gasteiger partial charge in [0, 0.05) is 12.0 Å². The van der Waals surface area contributed by atoms with Crippen LogP contribution < -0.4 is 5.32 Å². The van der Waals surface area contributed by atoms with E-state index in [1.165, 1.54) is 0 Å². The molecule has 1 amide bonds. The summed E-state index contributed by atoms with van der Waals surface area (Å²) in [6.07, 6.45) is 5.76. The van der Waals surface area contributed by atoms with E-state index in [1.807, 2.05) is 6.92 Å². The molecule has 4 nitrogen and oxygen atoms in total. The van der Waals surface area contributed by atoms with Crippen LogP contribution in [0.3, 0.4) is 0 Å². The summed E-state index contributed by atoms with van der Waals surface area (Å²) in [4.78, 5) is 22.8. The first kappa shape index (κ1) is 15.0. The van der Waals surface area contributed by atoms with Crippen molar-refractivity contribution in [3.05, 3.63) is 0 Å². The van der Waals surface area contributed by atoms with Crippen LogP contribution in [0.2, 0.25) is 0 Å². The van der Waals surface area contributed by atoms with Crippen LogP contribution in [0, 0.1) is 11.8 Å². The fourth-order valence-electron chi connectivity index (χ4n) is 2.63. The number of aliphatic carboxylic acids is 1. The van der Waals surface area contributed by atoms with E-state index in [1.54, 1.807) is 0 Å². The molecule has 104 valence electrons. The highest BCUT2D eigenvalue weighted by Crippen LogP contribution is 2.28. The van der Waals surface area contributed by atoms with Gasteiger partial charge in [-0.15, -0.1) is 0 Å². The third-order valence-corrected chi connectivity index (χ3v) is 3.79. The van der Waals surface area contributed by atoms with Crippen LogP contribution in [0.25, 0.3) is 0 Å². The van der Waals surface area contributed by atoms with E-state index in [0.717, 1.165) is 44.4 Å². The normalized spacial score (nSPS) is 25.4. The second-order valence-corrected chi connectivity index (χ2v) is 5.55. The molecule has 1 aliphatic rings. The van der Waals surface area contributed by atoms with Crippen molar-refractivity contribution in [2.45, 2.75) is 64.8 Å². The smallest absolute Gasteiger partial charge is 0.305 e. The van der Waals surface area contributed by atoms with Gasteiger partial charge in [0.1, 0.15) is 0 Å². The van der Waals surface area contributed by atoms with Crippen LogP contribution in [0.5, 0.6) is 0 Å². The van der Waals surface area contributed by atoms with Crippen molar-refractivity contribution in [2.75, 3.05) is 0 Å². The van der Waals surface area contributed by atoms with Crippen molar-refractivity contribution in [1.29, 1.82) is 0 Å². The molecule has 0 saturated heterocycles. The predicted octanol–water partition coefficient (Wildman–Crippen LogP) is 2.57. The second kappa shape index (κ2) is 7.39. The van der Waals surface area contributed by atoms with Gasteiger partial charge in [-0.25, -0.2) is 0 Å². The van der Waals surface area contributed by atoms with Crippen LogP contribution in [-0.2, 0) is 9.59 Å². The number of carbonyl (C=O) groups excluding carboxylic acids is 1. The minimum absolute atomic E-state index is 0.0305. The molecule has 0 aliphatic heterocycles. The Labute approximate surface area is 109 Å². The van der Waals surface area contributed by atoms with Gasteiger partial charge in [-0.2, -0.15) is 0 Å². The molecule has 1 fully saturated rings. The summed E-state index contributed by atoms with van der Waals surface area (Å²) < 4.78 is 0. The third-order valence-electron chi connectivity index (χ3n) is 3.79. The Morgan fingerprint density at radius 1 is 1.28 bits per heavy atom. The van der Waals surface area contributed by atoms with Gasteiger partial charge in [-0.1, -0.05) is 20.3 Å². The number of nitrogens with one attached hydrogen (secondary N) is 1. The largest absolute Gasteiger partial charge is 0.481 e. The summed E-state index contributed by atoms with van der Waals surface area (Å²) in [6.45, 7) is 4.22. The summed E-state index contributed by atoms with van der Waals surface area (Å²) in [5, 5.41) is 11.7. The van der Waals surface area contributed by atoms with Gasteiger partial charge in [0.25, 0.3) is 0 Å². The van der Waals surface area contributed by atoms with Crippen LogP contribution in [0.1, 0.15) is 58.8 Å². The zero-order valence-corrected chi connectivity index (χ0v) is 11.4. The molecular weight excluding hydrogens is 230 g/mol. The topological polar surface area (TPSA) is 66.4 Å². The van der Waals surface area contributed by atoms with Gasteiger partial charge in [-0.05, 0) is 38.0 Å². The van der Waals surface area contributed by atoms with E-state index in [4.69, 9.17) is 5.11 Å². The zero-order chi connectivity index (χ0) is 13.5. The standard InChI is InChI=1S/C14H25NO3/c1-3-4-12(9-13(16)17)15-14(18)11-7-5-10(2)6-8-11/h10-12H,3-9H2,1-2H3,(H,15,18)(H,16,17). The third kappa shape index (κ3) is 5.07. The van der Waals surface area contributed by atoms with E-state index in [9.17, 15) is 9.59 Å². The lowest BCUT2D eigenvalue weighted by molar-refractivity contribution is -0.138. The number of hydrogen-bond donors (Lipinski definition) is 2. The molecule has 1 aliphatic carbocycles. The summed E-state index contributed by atoms with van der Waals surface area (Å²) in [7, 11) is 0. The molecule has 0 aromatic heterocycles. The summed E-state index contributed by atoms with van der Waals surface area (Å²) >= 11 is 0. The van der Waals surface area contributed by atoms with Crippen molar-refractivity contribution in [3.63, 3.8) is 0 Å². The number of rotatable bonds is 6. The number of amides is 1. The Balaban J connectivity index is 2.42. The Morgan fingerprint density at radius 2 is 1.89 bits per heavy atom. The van der Waals surface area contributed by atoms with Crippen molar-refractivity contribution in [3.8, 4) is 0 Å². The maximum atomic E-state index is 12.1. The molecule has 0 radical (unpaired) electrons. The van der Waals surface area contributed by atoms with Crippen molar-refractivity contribution >= 4 is 11.9 Å². The summed E-state index contributed by atoms with van der Waals surface area (Å²) in [5.41, 5.74) is 0. The van der Waals surface area contributed by atoms with Crippen molar-refractivity contribution in [2.24, 2.45) is 11.8 Å². The van der Waals surface area contributed by atoms with Gasteiger partial charge in [-0.3, -0.25) is 9.59 Å². The molecule has 4 heteroatoms. The van der Waals surface area contributed by atoms with Gasteiger partial charge >= 0.3 is 5.97 Å². The van der Waals surface area contributed by atoms with Crippen molar-refractivity contribution in [1.82, 2.24) is 5.32 Å². The Kier molecular flexibility index (Phi) is 6.16. The molecule has 0 aromatic rings. The first-order valence-corrected chi connectivity index (χ1v) is 7.05. The fraction of sp³-hybridized carbons (Fsp3) is 0.857. The molecule has 2 N–H and O–H groups in total. The molecule has 1 rings (SSSR count). The quantitative estimate of drug-likeness (QED) is 0.766. The monoisotopic (exact) mass is 255 g/mol. The van der Waals surface area contributed by atoms with E-state index in [-0.39, 0.29) is 24.3 Å². The fourth-order valence-corrected chi connectivity index (χ4v) is 2.63. The minimum Gasteiger partial charge on any atom is -0.481 e. The molecular formula is C14H25NO3. The number of carboxylic acids is 1. The number of hydrogen-bond acceptors (Lipinski definition) is 2. The summed E-state index contributed by atoms with van der Waals surface area (Å²) in [6, 6.07) is -0.209. The van der Waals surface area contributed by atoms with Crippen LogP contribution in [0.4, 0.5) is 0 Å². The van der Waals surface area contributed by atoms with E-state index < -0.39 is 5.97 Å². The minimum atomic E-state index is -0.842. The Morgan fingerprint density at radius 3 is 2.39 bits per heavy atom. The molecule has 1 saturated carbocycles. The highest BCUT2D eigenvalue weighted by atomic mass is 16.4. The molecule has 0 heterocycles. The molecule has 18 heavy (non-hydrogen) atoms. The lowest BCUT2D eigenvalue weighted by Gasteiger charge is -2.27. The molecule has 0 bridgehead atoms. The molecule has 1 atom stereocenters. The average Bonchev–Trinajstić information content (AvgIpc) is 2.29. The summed E-state index contributed by atoms with van der Waals surface area (Å²) in [5.74, 6) is 0.0291. The second-order valence-electron chi connectivity index (χ2n) is 5.55. The Hall–Kier alpha value is -1.06. The molecule has 0 spiro atoms. The van der Waals surface area contributed by atoms with Gasteiger partial charge in [0.05, 0.1) is 6.42 Å². The molecule has 0 aromatic carbocycles. The van der Waals surface area contributed by atoms with Gasteiger partial charge in [0.15, 0.2) is 0 Å². The lowest BCUT2D eigenvalue weighted by atomic mass is 9.82. The highest BCUT2D eigenvalue weighted by molar-refractivity contribution is 5.79. The van der Waals surface area contributed by atoms with E-state index in [0.29, 0.717) is 0 Å². The predicted molar refractivity (Wildman–Crippen MR) is 70.2 cm³/mol. The highest BCUT2D eigenvalue weighted by Gasteiger charge is 2.26. The van der Waals surface area contributed by atoms with E-state index >= 15 is 0 Å². The first-order chi connectivity index (χ1) is 8.52. The number of carboxylic acid groups (broad SMARTS) is 1. The average molecular weight is 255 g/mol. The first-order valence-electron chi connectivity index (χ1n) is 7.05. The lowest BCUT2D eigenvalue weighted by Crippen LogP contribution is -2.41. The maximum Gasteiger partial charge on any atom is 0.305 e. The van der Waals surface area contributed by atoms with Gasteiger partial charge in [0.2, 0.25) is 5.91 Å². The maximum absolute atomic E-state index is 12.1. The van der Waals surface area contributed by atoms with Crippen LogP contribution in [-0.4, -0.2) is 23.0 Å². The van der Waals surface area contributed by atoms with Crippen LogP contribution in [0.15, 0.2) is 0 Å². The van der Waals surface area contributed by atoms with Gasteiger partial charge < -0.3 is 10.4 Å². The molecule has 1 unspecified atom stereocenters. The van der Waals surface area contributed by atoms with E-state index in [2.05, 4.69) is 12.2 Å². The number of carbonyl (C=O) groups is 2. The zero-order valence-electron chi connectivity index (χ0n) is 11.4.